The first-order valence-electron chi connectivity index (χ1n) is 11.8. The smallest absolute Gasteiger partial charge is 0.240 e. The maximum absolute atomic E-state index is 13.7. The molecule has 8 heteroatoms. The van der Waals surface area contributed by atoms with Crippen LogP contribution < -0.4 is 4.72 Å². The van der Waals surface area contributed by atoms with Crippen LogP contribution in [0.25, 0.3) is 0 Å². The van der Waals surface area contributed by atoms with Crippen LogP contribution >= 0.6 is 0 Å². The minimum atomic E-state index is -3.85. The molecular weight excluding hydrogens is 458 g/mol. The predicted molar refractivity (Wildman–Crippen MR) is 126 cm³/mol. The van der Waals surface area contributed by atoms with Crippen LogP contribution in [0.2, 0.25) is 0 Å². The third-order valence-electron chi connectivity index (χ3n) is 7.67. The first kappa shape index (κ1) is 23.0. The van der Waals surface area contributed by atoms with Crippen molar-refractivity contribution < 1.29 is 21.6 Å². The molecule has 2 aromatic rings. The molecule has 5 rings (SSSR count). The zero-order valence-electron chi connectivity index (χ0n) is 19.0. The van der Waals surface area contributed by atoms with E-state index >= 15 is 0 Å². The molecule has 1 aliphatic carbocycles. The molecule has 1 saturated carbocycles. The van der Waals surface area contributed by atoms with Gasteiger partial charge < -0.3 is 4.74 Å². The Morgan fingerprint density at radius 3 is 2.42 bits per heavy atom. The van der Waals surface area contributed by atoms with E-state index < -0.39 is 19.9 Å². The highest BCUT2D eigenvalue weighted by Crippen LogP contribution is 2.53. The van der Waals surface area contributed by atoms with Crippen molar-refractivity contribution in [3.63, 3.8) is 0 Å². The third kappa shape index (κ3) is 3.85. The van der Waals surface area contributed by atoms with Gasteiger partial charge in [-0.1, -0.05) is 43.5 Å². The second-order valence-corrected chi connectivity index (χ2v) is 13.3. The standard InChI is InChI=1S/C25H31NO5S2/c1-18-15-21-24(16-23(18)33(29,30)26-17-19-9-13-31-14-10-19)32(27,28)22-8-4-3-7-20(22)25(21)11-5-2-6-12-25/h3-4,7-8,15-16,19,26H,2,5-6,9-14,17H2,1H3. The fourth-order valence-electron chi connectivity index (χ4n) is 5.86. The highest BCUT2D eigenvalue weighted by atomic mass is 32.2. The summed E-state index contributed by atoms with van der Waals surface area (Å²) in [5, 5.41) is 0. The van der Waals surface area contributed by atoms with Gasteiger partial charge in [-0.2, -0.15) is 0 Å². The van der Waals surface area contributed by atoms with Crippen LogP contribution in [0.4, 0.5) is 0 Å². The average molecular weight is 490 g/mol. The Hall–Kier alpha value is -1.74. The summed E-state index contributed by atoms with van der Waals surface area (Å²) in [4.78, 5) is 0.532. The fraction of sp³-hybridized carbons (Fsp3) is 0.520. The molecule has 33 heavy (non-hydrogen) atoms. The molecule has 2 fully saturated rings. The molecule has 0 aromatic heterocycles. The summed E-state index contributed by atoms with van der Waals surface area (Å²) in [5.74, 6) is 0.229. The number of hydrogen-bond donors (Lipinski definition) is 1. The summed E-state index contributed by atoms with van der Waals surface area (Å²) in [5.41, 5.74) is 1.84. The summed E-state index contributed by atoms with van der Waals surface area (Å²) in [7, 11) is -7.67. The molecule has 3 aliphatic rings. The fourth-order valence-corrected chi connectivity index (χ4v) is 9.17. The molecule has 0 radical (unpaired) electrons. The number of nitrogens with one attached hydrogen (secondary N) is 1. The maximum atomic E-state index is 13.7. The van der Waals surface area contributed by atoms with Crippen molar-refractivity contribution in [3.05, 3.63) is 53.1 Å². The monoisotopic (exact) mass is 489 g/mol. The number of sulfonamides is 1. The van der Waals surface area contributed by atoms with Crippen LogP contribution in [-0.2, 0) is 30.0 Å². The van der Waals surface area contributed by atoms with Crippen molar-refractivity contribution in [2.75, 3.05) is 19.8 Å². The molecule has 1 saturated heterocycles. The Kier molecular flexibility index (Phi) is 5.92. The Balaban J connectivity index is 1.61. The van der Waals surface area contributed by atoms with Gasteiger partial charge in [0.25, 0.3) is 0 Å². The zero-order valence-corrected chi connectivity index (χ0v) is 20.6. The average Bonchev–Trinajstić information content (AvgIpc) is 2.83. The molecule has 2 heterocycles. The van der Waals surface area contributed by atoms with Crippen LogP contribution in [-0.4, -0.2) is 36.6 Å². The third-order valence-corrected chi connectivity index (χ3v) is 11.1. The number of fused-ring (bicyclic) bond motifs is 4. The van der Waals surface area contributed by atoms with Gasteiger partial charge in [0.05, 0.1) is 14.7 Å². The molecule has 0 unspecified atom stereocenters. The lowest BCUT2D eigenvalue weighted by molar-refractivity contribution is 0.0678. The minimum Gasteiger partial charge on any atom is -0.381 e. The molecule has 0 atom stereocenters. The quantitative estimate of drug-likeness (QED) is 0.699. The number of sulfone groups is 1. The molecule has 2 aliphatic heterocycles. The number of rotatable bonds is 4. The molecule has 6 nitrogen and oxygen atoms in total. The lowest BCUT2D eigenvalue weighted by atomic mass is 9.65. The van der Waals surface area contributed by atoms with Gasteiger partial charge in [0.1, 0.15) is 0 Å². The number of ether oxygens (including phenoxy) is 1. The summed E-state index contributed by atoms with van der Waals surface area (Å²) in [6.07, 6.45) is 6.58. The number of benzene rings is 2. The van der Waals surface area contributed by atoms with Crippen molar-refractivity contribution >= 4 is 19.9 Å². The van der Waals surface area contributed by atoms with Crippen LogP contribution in [0, 0.1) is 12.8 Å². The predicted octanol–water partition coefficient (Wildman–Crippen LogP) is 4.10. The Morgan fingerprint density at radius 2 is 1.70 bits per heavy atom. The van der Waals surface area contributed by atoms with Crippen molar-refractivity contribution in [1.82, 2.24) is 4.72 Å². The Morgan fingerprint density at radius 1 is 1.00 bits per heavy atom. The van der Waals surface area contributed by atoms with E-state index in [2.05, 4.69) is 4.72 Å². The van der Waals surface area contributed by atoms with E-state index in [1.54, 1.807) is 19.1 Å². The van der Waals surface area contributed by atoms with Gasteiger partial charge in [-0.15, -0.1) is 0 Å². The van der Waals surface area contributed by atoms with Crippen LogP contribution in [0.1, 0.15) is 61.6 Å². The second kappa shape index (κ2) is 8.48. The van der Waals surface area contributed by atoms with Crippen molar-refractivity contribution in [2.24, 2.45) is 5.92 Å². The first-order valence-corrected chi connectivity index (χ1v) is 14.8. The van der Waals surface area contributed by atoms with E-state index in [-0.39, 0.29) is 21.1 Å². The summed E-state index contributed by atoms with van der Waals surface area (Å²) in [6, 6.07) is 10.5. The Labute approximate surface area is 196 Å². The molecule has 1 spiro atoms. The lowest BCUT2D eigenvalue weighted by Crippen LogP contribution is -2.38. The van der Waals surface area contributed by atoms with Crippen molar-refractivity contribution in [1.29, 1.82) is 0 Å². The van der Waals surface area contributed by atoms with Gasteiger partial charge in [0.2, 0.25) is 19.9 Å². The highest BCUT2D eigenvalue weighted by molar-refractivity contribution is 7.92. The van der Waals surface area contributed by atoms with E-state index in [1.165, 1.54) is 6.07 Å². The van der Waals surface area contributed by atoms with Crippen LogP contribution in [0.15, 0.2) is 51.1 Å². The van der Waals surface area contributed by atoms with E-state index in [0.29, 0.717) is 30.2 Å². The van der Waals surface area contributed by atoms with Crippen LogP contribution in [0.5, 0.6) is 0 Å². The van der Waals surface area contributed by atoms with Crippen LogP contribution in [0.3, 0.4) is 0 Å². The zero-order chi connectivity index (χ0) is 23.3. The summed E-state index contributed by atoms with van der Waals surface area (Å²) in [6.45, 7) is 3.39. The lowest BCUT2D eigenvalue weighted by Gasteiger charge is -2.43. The van der Waals surface area contributed by atoms with Crippen molar-refractivity contribution in [3.8, 4) is 0 Å². The van der Waals surface area contributed by atoms with Gasteiger partial charge in [0, 0.05) is 25.2 Å². The van der Waals surface area contributed by atoms with E-state index in [1.807, 2.05) is 18.2 Å². The Bertz CT molecular complexity index is 1270. The molecule has 2 aromatic carbocycles. The SMILES string of the molecule is Cc1cc2c(cc1S(=O)(=O)NCC1CCOCC1)S(=O)(=O)c1ccccc1C21CCCCC1. The largest absolute Gasteiger partial charge is 0.381 e. The number of aryl methyl sites for hydroxylation is 1. The van der Waals surface area contributed by atoms with E-state index in [4.69, 9.17) is 4.74 Å². The molecule has 0 bridgehead atoms. The van der Waals surface area contributed by atoms with E-state index in [9.17, 15) is 16.8 Å². The van der Waals surface area contributed by atoms with E-state index in [0.717, 1.165) is 56.1 Å². The molecular formula is C25H31NO5S2. The normalized spacial score (nSPS) is 22.0. The number of hydrogen-bond acceptors (Lipinski definition) is 5. The van der Waals surface area contributed by atoms with Gasteiger partial charge in [-0.3, -0.25) is 0 Å². The molecule has 178 valence electrons. The minimum absolute atomic E-state index is 0.0576. The highest BCUT2D eigenvalue weighted by Gasteiger charge is 2.47. The van der Waals surface area contributed by atoms with Gasteiger partial charge in [-0.05, 0) is 67.3 Å². The molecule has 0 amide bonds. The summed E-state index contributed by atoms with van der Waals surface area (Å²) >= 11 is 0. The maximum Gasteiger partial charge on any atom is 0.240 e. The summed E-state index contributed by atoms with van der Waals surface area (Å²) < 4.78 is 62.0. The van der Waals surface area contributed by atoms with Gasteiger partial charge in [-0.25, -0.2) is 21.6 Å². The van der Waals surface area contributed by atoms with Crippen molar-refractivity contribution in [2.45, 2.75) is 72.0 Å². The van der Waals surface area contributed by atoms with Gasteiger partial charge in [0.15, 0.2) is 0 Å². The topological polar surface area (TPSA) is 89.5 Å². The van der Waals surface area contributed by atoms with Gasteiger partial charge >= 0.3 is 0 Å². The first-order chi connectivity index (χ1) is 15.8. The molecule has 1 N–H and O–H groups in total. The second-order valence-electron chi connectivity index (χ2n) is 9.66.